The number of hydrogen-bond donors (Lipinski definition) is 1. The maximum atomic E-state index is 12.4. The molecule has 6 heteroatoms. The predicted molar refractivity (Wildman–Crippen MR) is 66.0 cm³/mol. The second kappa shape index (κ2) is 5.61. The van der Waals surface area contributed by atoms with Gasteiger partial charge in [0.05, 0.1) is 11.6 Å². The summed E-state index contributed by atoms with van der Waals surface area (Å²) in [5.74, 6) is 0.638. The van der Waals surface area contributed by atoms with Gasteiger partial charge >= 0.3 is 6.18 Å². The van der Waals surface area contributed by atoms with Crippen LogP contribution in [0.25, 0.3) is 0 Å². The van der Waals surface area contributed by atoms with Crippen LogP contribution in [0.2, 0.25) is 0 Å². The van der Waals surface area contributed by atoms with Crippen molar-refractivity contribution in [1.29, 1.82) is 0 Å². The van der Waals surface area contributed by atoms with Crippen LogP contribution in [0.3, 0.4) is 0 Å². The van der Waals surface area contributed by atoms with E-state index in [2.05, 4.69) is 4.99 Å². The monoisotopic (exact) mass is 272 g/mol. The molecule has 0 radical (unpaired) electrons. The minimum atomic E-state index is -4.29. The Labute approximate surface area is 109 Å². The average molecular weight is 272 g/mol. The molecule has 0 aromatic heterocycles. The molecule has 0 saturated carbocycles. The van der Waals surface area contributed by atoms with E-state index >= 15 is 0 Å². The number of halogens is 3. The second-order valence-electron chi connectivity index (χ2n) is 4.43. The number of ether oxygens (including phenoxy) is 1. The summed E-state index contributed by atoms with van der Waals surface area (Å²) in [5, 5.41) is 0. The first-order valence-corrected chi connectivity index (χ1v) is 6.04. The molecule has 1 aliphatic rings. The van der Waals surface area contributed by atoms with E-state index in [1.165, 1.54) is 12.1 Å². The SMILES string of the molecule is NCCC1=NC(Cc2ccc(C(F)(F)F)cc2)CO1. The molecule has 0 bridgehead atoms. The molecule has 1 aliphatic heterocycles. The fourth-order valence-corrected chi connectivity index (χ4v) is 1.94. The molecule has 1 heterocycles. The van der Waals surface area contributed by atoms with Crippen molar-refractivity contribution in [3.8, 4) is 0 Å². The molecule has 1 aromatic carbocycles. The van der Waals surface area contributed by atoms with Gasteiger partial charge in [-0.3, -0.25) is 0 Å². The van der Waals surface area contributed by atoms with Gasteiger partial charge in [-0.1, -0.05) is 12.1 Å². The van der Waals surface area contributed by atoms with Gasteiger partial charge in [0.1, 0.15) is 6.61 Å². The van der Waals surface area contributed by atoms with Gasteiger partial charge in [-0.25, -0.2) is 4.99 Å². The maximum absolute atomic E-state index is 12.4. The summed E-state index contributed by atoms with van der Waals surface area (Å²) in [4.78, 5) is 4.34. The van der Waals surface area contributed by atoms with E-state index < -0.39 is 11.7 Å². The Bertz CT molecular complexity index is 454. The number of hydrogen-bond acceptors (Lipinski definition) is 3. The third kappa shape index (κ3) is 3.70. The molecular weight excluding hydrogens is 257 g/mol. The summed E-state index contributed by atoms with van der Waals surface area (Å²) in [6, 6.07) is 5.13. The highest BCUT2D eigenvalue weighted by atomic mass is 19.4. The van der Waals surface area contributed by atoms with Crippen molar-refractivity contribution in [3.05, 3.63) is 35.4 Å². The molecule has 1 atom stereocenters. The molecular formula is C13H15F3N2O. The van der Waals surface area contributed by atoms with Crippen LogP contribution in [0.1, 0.15) is 17.5 Å². The number of aliphatic imine (C=N–C) groups is 1. The van der Waals surface area contributed by atoms with Crippen LogP contribution in [0.15, 0.2) is 29.3 Å². The lowest BCUT2D eigenvalue weighted by Gasteiger charge is -2.08. The summed E-state index contributed by atoms with van der Waals surface area (Å²) in [6.07, 6.45) is -3.11. The molecule has 0 amide bonds. The third-order valence-electron chi connectivity index (χ3n) is 2.88. The highest BCUT2D eigenvalue weighted by Crippen LogP contribution is 2.29. The van der Waals surface area contributed by atoms with Gasteiger partial charge in [-0.2, -0.15) is 13.2 Å². The number of benzene rings is 1. The smallest absolute Gasteiger partial charge is 0.416 e. The Morgan fingerprint density at radius 1 is 1.26 bits per heavy atom. The Balaban J connectivity index is 1.97. The van der Waals surface area contributed by atoms with Crippen molar-refractivity contribution in [1.82, 2.24) is 0 Å². The van der Waals surface area contributed by atoms with Crippen LogP contribution < -0.4 is 5.73 Å². The van der Waals surface area contributed by atoms with E-state index in [1.807, 2.05) is 0 Å². The lowest BCUT2D eigenvalue weighted by molar-refractivity contribution is -0.137. The van der Waals surface area contributed by atoms with E-state index in [1.54, 1.807) is 0 Å². The first-order chi connectivity index (χ1) is 8.99. The third-order valence-corrected chi connectivity index (χ3v) is 2.88. The highest BCUT2D eigenvalue weighted by Gasteiger charge is 2.30. The van der Waals surface area contributed by atoms with Crippen molar-refractivity contribution in [3.63, 3.8) is 0 Å². The van der Waals surface area contributed by atoms with Crippen LogP contribution in [-0.4, -0.2) is 25.1 Å². The molecule has 104 valence electrons. The lowest BCUT2D eigenvalue weighted by atomic mass is 10.0. The topological polar surface area (TPSA) is 47.6 Å². The quantitative estimate of drug-likeness (QED) is 0.914. The van der Waals surface area contributed by atoms with Gasteiger partial charge in [-0.15, -0.1) is 0 Å². The van der Waals surface area contributed by atoms with Crippen LogP contribution in [-0.2, 0) is 17.3 Å². The molecule has 2 rings (SSSR count). The van der Waals surface area contributed by atoms with Gasteiger partial charge in [0.15, 0.2) is 5.90 Å². The van der Waals surface area contributed by atoms with Crippen LogP contribution >= 0.6 is 0 Å². The molecule has 1 unspecified atom stereocenters. The normalized spacial score (nSPS) is 19.2. The van der Waals surface area contributed by atoms with Crippen molar-refractivity contribution in [2.75, 3.05) is 13.2 Å². The van der Waals surface area contributed by atoms with Crippen molar-refractivity contribution < 1.29 is 17.9 Å². The molecule has 2 N–H and O–H groups in total. The molecule has 0 aliphatic carbocycles. The predicted octanol–water partition coefficient (Wildman–Crippen LogP) is 2.39. The fraction of sp³-hybridized carbons (Fsp3) is 0.462. The fourth-order valence-electron chi connectivity index (χ4n) is 1.94. The van der Waals surface area contributed by atoms with Gasteiger partial charge in [0.25, 0.3) is 0 Å². The van der Waals surface area contributed by atoms with E-state index in [0.29, 0.717) is 31.9 Å². The van der Waals surface area contributed by atoms with Crippen molar-refractivity contribution >= 4 is 5.90 Å². The van der Waals surface area contributed by atoms with Crippen LogP contribution in [0.4, 0.5) is 13.2 Å². The van der Waals surface area contributed by atoms with Gasteiger partial charge < -0.3 is 10.5 Å². The summed E-state index contributed by atoms with van der Waals surface area (Å²) in [7, 11) is 0. The Morgan fingerprint density at radius 3 is 2.53 bits per heavy atom. The lowest BCUT2D eigenvalue weighted by Crippen LogP contribution is -2.11. The number of rotatable bonds is 4. The Kier molecular flexibility index (Phi) is 4.09. The van der Waals surface area contributed by atoms with Crippen molar-refractivity contribution in [2.45, 2.75) is 25.1 Å². The summed E-state index contributed by atoms with van der Waals surface area (Å²) < 4.78 is 42.6. The van der Waals surface area contributed by atoms with E-state index in [0.717, 1.165) is 17.7 Å². The van der Waals surface area contributed by atoms with E-state index in [9.17, 15) is 13.2 Å². The summed E-state index contributed by atoms with van der Waals surface area (Å²) in [5.41, 5.74) is 5.58. The van der Waals surface area contributed by atoms with Gasteiger partial charge in [0, 0.05) is 13.0 Å². The Hall–Kier alpha value is -1.56. The first kappa shape index (κ1) is 13.9. The molecule has 0 fully saturated rings. The number of alkyl halides is 3. The zero-order chi connectivity index (χ0) is 13.9. The second-order valence-corrected chi connectivity index (χ2v) is 4.43. The minimum absolute atomic E-state index is 0.0294. The maximum Gasteiger partial charge on any atom is 0.416 e. The highest BCUT2D eigenvalue weighted by molar-refractivity contribution is 5.77. The van der Waals surface area contributed by atoms with E-state index in [-0.39, 0.29) is 6.04 Å². The zero-order valence-corrected chi connectivity index (χ0v) is 10.3. The molecule has 0 spiro atoms. The largest absolute Gasteiger partial charge is 0.479 e. The van der Waals surface area contributed by atoms with Gasteiger partial charge in [-0.05, 0) is 24.1 Å². The van der Waals surface area contributed by atoms with Crippen LogP contribution in [0, 0.1) is 0 Å². The van der Waals surface area contributed by atoms with E-state index in [4.69, 9.17) is 10.5 Å². The number of nitrogens with two attached hydrogens (primary N) is 1. The first-order valence-electron chi connectivity index (χ1n) is 6.04. The van der Waals surface area contributed by atoms with Crippen LogP contribution in [0.5, 0.6) is 0 Å². The summed E-state index contributed by atoms with van der Waals surface area (Å²) in [6.45, 7) is 0.947. The average Bonchev–Trinajstić information content (AvgIpc) is 2.77. The van der Waals surface area contributed by atoms with Gasteiger partial charge in [0.2, 0.25) is 0 Å². The molecule has 1 aromatic rings. The molecule has 3 nitrogen and oxygen atoms in total. The number of nitrogens with zero attached hydrogens (tertiary/aromatic N) is 1. The zero-order valence-electron chi connectivity index (χ0n) is 10.3. The standard InChI is InChI=1S/C13H15F3N2O/c14-13(15,16)10-3-1-9(2-4-10)7-11-8-19-12(18-11)5-6-17/h1-4,11H,5-8,17H2. The minimum Gasteiger partial charge on any atom is -0.479 e. The molecule has 19 heavy (non-hydrogen) atoms. The molecule has 0 saturated heterocycles. The Morgan fingerprint density at radius 2 is 1.95 bits per heavy atom. The summed E-state index contributed by atoms with van der Waals surface area (Å²) >= 11 is 0. The van der Waals surface area contributed by atoms with Crippen molar-refractivity contribution in [2.24, 2.45) is 10.7 Å².